The molecule has 0 aliphatic rings. The Morgan fingerprint density at radius 2 is 1.50 bits per heavy atom. The van der Waals surface area contributed by atoms with Gasteiger partial charge in [0.25, 0.3) is 0 Å². The highest BCUT2D eigenvalue weighted by Gasteiger charge is 2.08. The van der Waals surface area contributed by atoms with E-state index in [1.165, 1.54) is 11.1 Å². The molecule has 0 aliphatic carbocycles. The van der Waals surface area contributed by atoms with Gasteiger partial charge in [0.1, 0.15) is 5.82 Å². The summed E-state index contributed by atoms with van der Waals surface area (Å²) in [5.74, 6) is 1.41. The Hall–Kier alpha value is -3.40. The van der Waals surface area contributed by atoms with Crippen LogP contribution in [0, 0.1) is 6.92 Å². The number of hydrogen-bond donors (Lipinski definition) is 2. The number of anilines is 3. The zero-order valence-corrected chi connectivity index (χ0v) is 14.6. The number of aryl methyl sites for hydroxylation is 1. The summed E-state index contributed by atoms with van der Waals surface area (Å²) in [6.45, 7) is 2.79. The Kier molecular flexibility index (Phi) is 4.48. The van der Waals surface area contributed by atoms with E-state index < -0.39 is 0 Å². The van der Waals surface area contributed by atoms with Crippen LogP contribution in [-0.4, -0.2) is 9.97 Å². The second-order valence-corrected chi connectivity index (χ2v) is 6.24. The van der Waals surface area contributed by atoms with Gasteiger partial charge in [0.2, 0.25) is 5.95 Å². The predicted octanol–water partition coefficient (Wildman–Crippen LogP) is 5.29. The van der Waals surface area contributed by atoms with E-state index in [2.05, 4.69) is 46.8 Å². The molecule has 1 aromatic heterocycles. The minimum atomic E-state index is 0.586. The van der Waals surface area contributed by atoms with E-state index in [1.807, 2.05) is 54.6 Å². The Labute approximate surface area is 152 Å². The van der Waals surface area contributed by atoms with E-state index in [-0.39, 0.29) is 0 Å². The van der Waals surface area contributed by atoms with E-state index in [4.69, 9.17) is 4.98 Å². The number of aromatic nitrogens is 2. The first-order chi connectivity index (χ1) is 12.8. The van der Waals surface area contributed by atoms with Gasteiger partial charge >= 0.3 is 0 Å². The minimum absolute atomic E-state index is 0.586. The summed E-state index contributed by atoms with van der Waals surface area (Å²) in [6.07, 6.45) is 0. The van der Waals surface area contributed by atoms with Crippen molar-refractivity contribution in [2.75, 3.05) is 10.6 Å². The van der Waals surface area contributed by atoms with Crippen molar-refractivity contribution in [1.82, 2.24) is 9.97 Å². The van der Waals surface area contributed by atoms with Crippen molar-refractivity contribution in [3.05, 3.63) is 90.0 Å². The lowest BCUT2D eigenvalue weighted by atomic mass is 10.2. The Morgan fingerprint density at radius 3 is 2.31 bits per heavy atom. The molecule has 0 atom stereocenters. The second kappa shape index (κ2) is 7.23. The highest BCUT2D eigenvalue weighted by Crippen LogP contribution is 2.24. The molecule has 128 valence electrons. The lowest BCUT2D eigenvalue weighted by Crippen LogP contribution is -2.05. The molecule has 0 aliphatic heterocycles. The maximum absolute atomic E-state index is 4.70. The number of fused-ring (bicyclic) bond motifs is 1. The molecule has 0 fully saturated rings. The molecule has 0 saturated heterocycles. The molecule has 4 nitrogen and oxygen atoms in total. The van der Waals surface area contributed by atoms with Gasteiger partial charge in [-0.15, -0.1) is 0 Å². The van der Waals surface area contributed by atoms with Crippen molar-refractivity contribution in [2.45, 2.75) is 13.5 Å². The highest BCUT2D eigenvalue weighted by molar-refractivity contribution is 5.90. The van der Waals surface area contributed by atoms with Crippen LogP contribution in [0.3, 0.4) is 0 Å². The van der Waals surface area contributed by atoms with Crippen LogP contribution in [0.15, 0.2) is 78.9 Å². The fraction of sp³-hybridized carbons (Fsp3) is 0.0909. The van der Waals surface area contributed by atoms with E-state index in [9.17, 15) is 0 Å². The molecule has 26 heavy (non-hydrogen) atoms. The zero-order valence-electron chi connectivity index (χ0n) is 14.6. The largest absolute Gasteiger partial charge is 0.365 e. The summed E-state index contributed by atoms with van der Waals surface area (Å²) in [6, 6.07) is 26.5. The third-order valence-corrected chi connectivity index (χ3v) is 4.21. The van der Waals surface area contributed by atoms with Crippen LogP contribution >= 0.6 is 0 Å². The third-order valence-electron chi connectivity index (χ3n) is 4.21. The first kappa shape index (κ1) is 16.1. The first-order valence-corrected chi connectivity index (χ1v) is 8.66. The number of rotatable bonds is 5. The van der Waals surface area contributed by atoms with Crippen molar-refractivity contribution in [2.24, 2.45) is 0 Å². The van der Waals surface area contributed by atoms with Crippen LogP contribution in [-0.2, 0) is 6.54 Å². The van der Waals surface area contributed by atoms with E-state index in [0.717, 1.165) is 22.4 Å². The average Bonchev–Trinajstić information content (AvgIpc) is 2.69. The maximum Gasteiger partial charge on any atom is 0.229 e. The van der Waals surface area contributed by atoms with Crippen LogP contribution in [0.4, 0.5) is 17.5 Å². The smallest absolute Gasteiger partial charge is 0.229 e. The molecule has 0 saturated carbocycles. The van der Waals surface area contributed by atoms with Crippen molar-refractivity contribution in [3.63, 3.8) is 0 Å². The summed E-state index contributed by atoms with van der Waals surface area (Å²) in [7, 11) is 0. The van der Waals surface area contributed by atoms with Gasteiger partial charge in [-0.1, -0.05) is 60.2 Å². The van der Waals surface area contributed by atoms with Gasteiger partial charge in [0.05, 0.1) is 5.52 Å². The third kappa shape index (κ3) is 3.64. The van der Waals surface area contributed by atoms with Gasteiger partial charge in [-0.3, -0.25) is 0 Å². The number of nitrogens with zero attached hydrogens (tertiary/aromatic N) is 2. The van der Waals surface area contributed by atoms with Gasteiger partial charge in [0.15, 0.2) is 0 Å². The summed E-state index contributed by atoms with van der Waals surface area (Å²) in [5.41, 5.74) is 4.32. The van der Waals surface area contributed by atoms with E-state index in [1.54, 1.807) is 0 Å². The first-order valence-electron chi connectivity index (χ1n) is 8.66. The fourth-order valence-corrected chi connectivity index (χ4v) is 2.81. The maximum atomic E-state index is 4.70. The van der Waals surface area contributed by atoms with Crippen molar-refractivity contribution in [3.8, 4) is 0 Å². The van der Waals surface area contributed by atoms with E-state index >= 15 is 0 Å². The standard InChI is InChI=1S/C22H20N4/c1-16-11-13-18(14-12-16)24-22-25-20-10-6-5-9-19(20)21(26-22)23-15-17-7-3-2-4-8-17/h2-14H,15H2,1H3,(H2,23,24,25,26). The van der Waals surface area contributed by atoms with Crippen LogP contribution in [0.5, 0.6) is 0 Å². The zero-order chi connectivity index (χ0) is 17.8. The molecule has 3 aromatic carbocycles. The molecule has 0 radical (unpaired) electrons. The lowest BCUT2D eigenvalue weighted by Gasteiger charge is -2.12. The van der Waals surface area contributed by atoms with Crippen molar-refractivity contribution >= 4 is 28.4 Å². The molecule has 4 rings (SSSR count). The summed E-state index contributed by atoms with van der Waals surface area (Å²) in [5, 5.41) is 7.76. The number of para-hydroxylation sites is 1. The Balaban J connectivity index is 1.65. The predicted molar refractivity (Wildman–Crippen MR) is 108 cm³/mol. The monoisotopic (exact) mass is 340 g/mol. The molecule has 4 aromatic rings. The summed E-state index contributed by atoms with van der Waals surface area (Å²) < 4.78 is 0. The SMILES string of the molecule is Cc1ccc(Nc2nc(NCc3ccccc3)c3ccccc3n2)cc1. The van der Waals surface area contributed by atoms with Gasteiger partial charge in [-0.25, -0.2) is 4.98 Å². The Bertz CT molecular complexity index is 1010. The van der Waals surface area contributed by atoms with Crippen LogP contribution in [0.1, 0.15) is 11.1 Å². The molecule has 0 spiro atoms. The van der Waals surface area contributed by atoms with Gasteiger partial charge in [-0.05, 0) is 36.8 Å². The topological polar surface area (TPSA) is 49.8 Å². The van der Waals surface area contributed by atoms with Crippen molar-refractivity contribution in [1.29, 1.82) is 0 Å². The molecule has 0 amide bonds. The molecule has 4 heteroatoms. The summed E-state index contributed by atoms with van der Waals surface area (Å²) in [4.78, 5) is 9.35. The van der Waals surface area contributed by atoms with Gasteiger partial charge < -0.3 is 10.6 Å². The molecule has 2 N–H and O–H groups in total. The normalized spacial score (nSPS) is 10.7. The average molecular weight is 340 g/mol. The molecular formula is C22H20N4. The summed E-state index contributed by atoms with van der Waals surface area (Å²) >= 11 is 0. The second-order valence-electron chi connectivity index (χ2n) is 6.24. The number of hydrogen-bond acceptors (Lipinski definition) is 4. The molecule has 0 unspecified atom stereocenters. The minimum Gasteiger partial charge on any atom is -0.365 e. The molecule has 0 bridgehead atoms. The van der Waals surface area contributed by atoms with Crippen LogP contribution < -0.4 is 10.6 Å². The van der Waals surface area contributed by atoms with Crippen molar-refractivity contribution < 1.29 is 0 Å². The fourth-order valence-electron chi connectivity index (χ4n) is 2.81. The van der Waals surface area contributed by atoms with E-state index in [0.29, 0.717) is 12.5 Å². The molecule has 1 heterocycles. The quantitative estimate of drug-likeness (QED) is 0.518. The number of nitrogens with one attached hydrogen (secondary N) is 2. The Morgan fingerprint density at radius 1 is 0.769 bits per heavy atom. The van der Waals surface area contributed by atoms with Gasteiger partial charge in [0, 0.05) is 17.6 Å². The number of benzene rings is 3. The van der Waals surface area contributed by atoms with Crippen LogP contribution in [0.2, 0.25) is 0 Å². The van der Waals surface area contributed by atoms with Gasteiger partial charge in [-0.2, -0.15) is 4.98 Å². The van der Waals surface area contributed by atoms with Crippen LogP contribution in [0.25, 0.3) is 10.9 Å². The lowest BCUT2D eigenvalue weighted by molar-refractivity contribution is 1.10. The molecular weight excluding hydrogens is 320 g/mol. The highest BCUT2D eigenvalue weighted by atomic mass is 15.1.